The summed E-state index contributed by atoms with van der Waals surface area (Å²) in [7, 11) is 0. The second-order valence-corrected chi connectivity index (χ2v) is 6.77. The molecule has 0 unspecified atom stereocenters. The SMILES string of the molecule is CCSc1nnc(C)n1NC(=O)c1cccc(OCc2ccccc2)c1. The van der Waals surface area contributed by atoms with Gasteiger partial charge in [-0.25, -0.2) is 4.68 Å². The number of aromatic nitrogens is 3. The summed E-state index contributed by atoms with van der Waals surface area (Å²) in [5, 5.41) is 8.75. The average molecular weight is 368 g/mol. The fourth-order valence-electron chi connectivity index (χ4n) is 2.33. The Labute approximate surface area is 156 Å². The number of carbonyl (C=O) groups excluding carboxylic acids is 1. The molecule has 1 N–H and O–H groups in total. The lowest BCUT2D eigenvalue weighted by molar-refractivity contribution is 0.100. The molecular weight excluding hydrogens is 348 g/mol. The molecule has 7 heteroatoms. The number of amides is 1. The van der Waals surface area contributed by atoms with Gasteiger partial charge in [-0.15, -0.1) is 10.2 Å². The number of benzene rings is 2. The van der Waals surface area contributed by atoms with E-state index in [2.05, 4.69) is 15.6 Å². The highest BCUT2D eigenvalue weighted by Crippen LogP contribution is 2.17. The van der Waals surface area contributed by atoms with Crippen LogP contribution in [-0.4, -0.2) is 26.5 Å². The minimum absolute atomic E-state index is 0.240. The van der Waals surface area contributed by atoms with Gasteiger partial charge in [0.05, 0.1) is 0 Å². The predicted octanol–water partition coefficient (Wildman–Crippen LogP) is 3.66. The monoisotopic (exact) mass is 368 g/mol. The van der Waals surface area contributed by atoms with Gasteiger partial charge >= 0.3 is 0 Å². The first-order chi connectivity index (χ1) is 12.7. The summed E-state index contributed by atoms with van der Waals surface area (Å²) in [4.78, 5) is 12.6. The largest absolute Gasteiger partial charge is 0.489 e. The molecule has 0 aliphatic carbocycles. The van der Waals surface area contributed by atoms with Crippen molar-refractivity contribution in [1.29, 1.82) is 0 Å². The Bertz CT molecular complexity index is 880. The molecule has 0 saturated carbocycles. The maximum Gasteiger partial charge on any atom is 0.270 e. The van der Waals surface area contributed by atoms with Crippen LogP contribution < -0.4 is 10.2 Å². The van der Waals surface area contributed by atoms with E-state index in [0.717, 1.165) is 11.3 Å². The Hall–Kier alpha value is -2.80. The number of rotatable bonds is 7. The molecule has 0 saturated heterocycles. The smallest absolute Gasteiger partial charge is 0.270 e. The molecule has 1 heterocycles. The van der Waals surface area contributed by atoms with Crippen molar-refractivity contribution in [3.05, 3.63) is 71.5 Å². The zero-order valence-corrected chi connectivity index (χ0v) is 15.5. The molecule has 0 aliphatic heterocycles. The molecule has 0 radical (unpaired) electrons. The highest BCUT2D eigenvalue weighted by Gasteiger charge is 2.13. The highest BCUT2D eigenvalue weighted by molar-refractivity contribution is 7.99. The fourth-order valence-corrected chi connectivity index (χ4v) is 2.99. The second kappa shape index (κ2) is 8.53. The van der Waals surface area contributed by atoms with Crippen molar-refractivity contribution in [3.63, 3.8) is 0 Å². The zero-order valence-electron chi connectivity index (χ0n) is 14.7. The third-order valence-corrected chi connectivity index (χ3v) is 4.44. The van der Waals surface area contributed by atoms with Gasteiger partial charge in [0.1, 0.15) is 18.2 Å². The molecule has 3 aromatic rings. The lowest BCUT2D eigenvalue weighted by Gasteiger charge is -2.11. The first-order valence-electron chi connectivity index (χ1n) is 8.30. The first kappa shape index (κ1) is 18.0. The molecule has 0 fully saturated rings. The Morgan fingerprint density at radius 3 is 2.73 bits per heavy atom. The third-order valence-electron chi connectivity index (χ3n) is 3.63. The molecule has 1 aromatic heterocycles. The van der Waals surface area contributed by atoms with Gasteiger partial charge in [0.15, 0.2) is 0 Å². The van der Waals surface area contributed by atoms with Crippen molar-refractivity contribution in [2.24, 2.45) is 0 Å². The van der Waals surface area contributed by atoms with Gasteiger partial charge < -0.3 is 4.74 Å². The van der Waals surface area contributed by atoms with Crippen molar-refractivity contribution >= 4 is 17.7 Å². The van der Waals surface area contributed by atoms with Crippen molar-refractivity contribution < 1.29 is 9.53 Å². The number of hydrogen-bond donors (Lipinski definition) is 1. The Balaban J connectivity index is 1.69. The Kier molecular flexibility index (Phi) is 5.91. The summed E-state index contributed by atoms with van der Waals surface area (Å²) in [6.07, 6.45) is 0. The molecule has 134 valence electrons. The van der Waals surface area contributed by atoms with E-state index in [0.29, 0.717) is 28.9 Å². The van der Waals surface area contributed by atoms with E-state index in [1.165, 1.54) is 11.8 Å². The van der Waals surface area contributed by atoms with Crippen LogP contribution in [-0.2, 0) is 6.61 Å². The first-order valence-corrected chi connectivity index (χ1v) is 9.29. The van der Waals surface area contributed by atoms with Gasteiger partial charge in [-0.3, -0.25) is 10.2 Å². The van der Waals surface area contributed by atoms with Crippen LogP contribution in [0.5, 0.6) is 5.75 Å². The predicted molar refractivity (Wildman–Crippen MR) is 102 cm³/mol. The summed E-state index contributed by atoms with van der Waals surface area (Å²) in [5.41, 5.74) is 4.42. The summed E-state index contributed by atoms with van der Waals surface area (Å²) in [6, 6.07) is 17.0. The van der Waals surface area contributed by atoms with Gasteiger partial charge in [0, 0.05) is 5.56 Å². The number of nitrogens with zero attached hydrogens (tertiary/aromatic N) is 3. The lowest BCUT2D eigenvalue weighted by atomic mass is 10.2. The van der Waals surface area contributed by atoms with Gasteiger partial charge in [-0.05, 0) is 36.4 Å². The van der Waals surface area contributed by atoms with Crippen LogP contribution in [0.2, 0.25) is 0 Å². The van der Waals surface area contributed by atoms with Crippen molar-refractivity contribution in [1.82, 2.24) is 14.9 Å². The lowest BCUT2D eigenvalue weighted by Crippen LogP contribution is -2.24. The molecule has 6 nitrogen and oxygen atoms in total. The Morgan fingerprint density at radius 1 is 1.15 bits per heavy atom. The number of hydrogen-bond acceptors (Lipinski definition) is 5. The molecule has 26 heavy (non-hydrogen) atoms. The number of nitrogens with one attached hydrogen (secondary N) is 1. The average Bonchev–Trinajstić information content (AvgIpc) is 3.01. The minimum Gasteiger partial charge on any atom is -0.489 e. The van der Waals surface area contributed by atoms with E-state index < -0.39 is 0 Å². The molecular formula is C19H20N4O2S. The number of ether oxygens (including phenoxy) is 1. The van der Waals surface area contributed by atoms with Crippen LogP contribution in [0.1, 0.15) is 28.7 Å². The van der Waals surface area contributed by atoms with Crippen molar-refractivity contribution in [2.75, 3.05) is 11.2 Å². The summed E-state index contributed by atoms with van der Waals surface area (Å²) in [5.74, 6) is 1.88. The quantitative estimate of drug-likeness (QED) is 0.645. The van der Waals surface area contributed by atoms with Gasteiger partial charge in [-0.1, -0.05) is 55.1 Å². The summed E-state index contributed by atoms with van der Waals surface area (Å²) < 4.78 is 7.39. The van der Waals surface area contributed by atoms with Crippen LogP contribution in [0, 0.1) is 6.92 Å². The molecule has 0 spiro atoms. The van der Waals surface area contributed by atoms with E-state index in [1.54, 1.807) is 29.8 Å². The third kappa shape index (κ3) is 4.43. The number of aryl methyl sites for hydroxylation is 1. The standard InChI is InChI=1S/C19H20N4O2S/c1-3-26-19-21-20-14(2)23(19)22-18(24)16-10-7-11-17(12-16)25-13-15-8-5-4-6-9-15/h4-12H,3,13H2,1-2H3,(H,22,24). The fraction of sp³-hybridized carbons (Fsp3) is 0.211. The van der Waals surface area contributed by atoms with Crippen LogP contribution in [0.25, 0.3) is 0 Å². The van der Waals surface area contributed by atoms with E-state index in [-0.39, 0.29) is 5.91 Å². The Morgan fingerprint density at radius 2 is 1.96 bits per heavy atom. The molecule has 0 atom stereocenters. The minimum atomic E-state index is -0.240. The zero-order chi connectivity index (χ0) is 18.4. The molecule has 1 amide bonds. The summed E-state index contributed by atoms with van der Waals surface area (Å²) in [6.45, 7) is 4.27. The molecule has 3 rings (SSSR count). The maximum absolute atomic E-state index is 12.6. The highest BCUT2D eigenvalue weighted by atomic mass is 32.2. The molecule has 2 aromatic carbocycles. The molecule has 0 aliphatic rings. The van der Waals surface area contributed by atoms with E-state index in [1.807, 2.05) is 43.3 Å². The van der Waals surface area contributed by atoms with Crippen molar-refractivity contribution in [3.8, 4) is 5.75 Å². The van der Waals surface area contributed by atoms with Crippen LogP contribution in [0.4, 0.5) is 0 Å². The normalized spacial score (nSPS) is 10.5. The van der Waals surface area contributed by atoms with Crippen LogP contribution in [0.15, 0.2) is 59.8 Å². The van der Waals surface area contributed by atoms with Crippen LogP contribution >= 0.6 is 11.8 Å². The van der Waals surface area contributed by atoms with E-state index in [9.17, 15) is 4.79 Å². The maximum atomic E-state index is 12.6. The topological polar surface area (TPSA) is 69.0 Å². The number of thioether (sulfide) groups is 1. The number of carbonyl (C=O) groups is 1. The van der Waals surface area contributed by atoms with Gasteiger partial charge in [-0.2, -0.15) is 0 Å². The van der Waals surface area contributed by atoms with Gasteiger partial charge in [0.2, 0.25) is 5.16 Å². The molecule has 0 bridgehead atoms. The second-order valence-electron chi connectivity index (χ2n) is 5.54. The van der Waals surface area contributed by atoms with Crippen LogP contribution in [0.3, 0.4) is 0 Å². The van der Waals surface area contributed by atoms with Gasteiger partial charge in [0.25, 0.3) is 5.91 Å². The van der Waals surface area contributed by atoms with E-state index in [4.69, 9.17) is 4.74 Å². The van der Waals surface area contributed by atoms with E-state index >= 15 is 0 Å². The van der Waals surface area contributed by atoms with Crippen molar-refractivity contribution in [2.45, 2.75) is 25.6 Å². The summed E-state index contributed by atoms with van der Waals surface area (Å²) >= 11 is 1.52.